The van der Waals surface area contributed by atoms with Crippen molar-refractivity contribution >= 4 is 17.9 Å². The Bertz CT molecular complexity index is 675. The van der Waals surface area contributed by atoms with Crippen molar-refractivity contribution in [1.82, 2.24) is 10.6 Å². The molecule has 0 spiro atoms. The summed E-state index contributed by atoms with van der Waals surface area (Å²) in [5.74, 6) is -0.325. The highest BCUT2D eigenvalue weighted by molar-refractivity contribution is 5.97. The minimum atomic E-state index is -0.680. The fraction of sp³-hybridized carbons (Fsp3) is 0.500. The Labute approximate surface area is 146 Å². The van der Waals surface area contributed by atoms with Crippen molar-refractivity contribution in [2.24, 2.45) is 0 Å². The van der Waals surface area contributed by atoms with Crippen LogP contribution in [0, 0.1) is 13.8 Å². The molecule has 1 heterocycles. The molecule has 0 saturated carbocycles. The van der Waals surface area contributed by atoms with Crippen LogP contribution in [0.1, 0.15) is 54.0 Å². The number of furan rings is 1. The lowest BCUT2D eigenvalue weighted by Gasteiger charge is -2.13. The van der Waals surface area contributed by atoms with E-state index in [-0.39, 0.29) is 5.56 Å². The first-order valence-corrected chi connectivity index (χ1v) is 8.45. The molecule has 25 heavy (non-hydrogen) atoms. The molecule has 136 valence electrons. The zero-order valence-electron chi connectivity index (χ0n) is 14.6. The summed E-state index contributed by atoms with van der Waals surface area (Å²) in [4.78, 5) is 35.2. The van der Waals surface area contributed by atoms with Crippen LogP contribution in [0.4, 0.5) is 4.79 Å². The van der Waals surface area contributed by atoms with Crippen LogP contribution in [0.25, 0.3) is 0 Å². The molecule has 1 aliphatic carbocycles. The summed E-state index contributed by atoms with van der Waals surface area (Å²) in [6, 6.07) is 0.954. The molecule has 0 atom stereocenters. The van der Waals surface area contributed by atoms with Gasteiger partial charge in [-0.2, -0.15) is 0 Å². The number of ether oxygens (including phenoxy) is 1. The number of hydrogen-bond donors (Lipinski definition) is 2. The molecular weight excluding hydrogens is 324 g/mol. The van der Waals surface area contributed by atoms with Crippen LogP contribution in [0.15, 0.2) is 22.1 Å². The van der Waals surface area contributed by atoms with E-state index in [2.05, 4.69) is 16.7 Å². The molecular formula is C18H24N2O5. The SMILES string of the molecule is Cc1cc(C(=O)OCC(=O)NC(=O)NCCC2=CCCCC2)c(C)o1. The maximum atomic E-state index is 11.8. The van der Waals surface area contributed by atoms with E-state index in [1.807, 2.05) is 0 Å². The molecule has 7 nitrogen and oxygen atoms in total. The predicted molar refractivity (Wildman–Crippen MR) is 91.2 cm³/mol. The number of nitrogens with one attached hydrogen (secondary N) is 2. The van der Waals surface area contributed by atoms with E-state index in [0.29, 0.717) is 18.1 Å². The number of imide groups is 1. The lowest BCUT2D eigenvalue weighted by Crippen LogP contribution is -2.41. The zero-order chi connectivity index (χ0) is 18.2. The van der Waals surface area contributed by atoms with Gasteiger partial charge >= 0.3 is 12.0 Å². The summed E-state index contributed by atoms with van der Waals surface area (Å²) in [5.41, 5.74) is 1.62. The monoisotopic (exact) mass is 348 g/mol. The number of carbonyl (C=O) groups is 3. The molecule has 7 heteroatoms. The van der Waals surface area contributed by atoms with Crippen LogP contribution in [0.2, 0.25) is 0 Å². The smallest absolute Gasteiger partial charge is 0.342 e. The molecule has 1 aliphatic rings. The first kappa shape index (κ1) is 18.8. The normalized spacial score (nSPS) is 13.8. The largest absolute Gasteiger partial charge is 0.466 e. The van der Waals surface area contributed by atoms with Gasteiger partial charge in [-0.05, 0) is 52.0 Å². The van der Waals surface area contributed by atoms with Crippen molar-refractivity contribution in [3.63, 3.8) is 0 Å². The quantitative estimate of drug-likeness (QED) is 0.608. The van der Waals surface area contributed by atoms with Gasteiger partial charge in [0.1, 0.15) is 17.1 Å². The molecule has 1 aromatic rings. The lowest BCUT2D eigenvalue weighted by molar-refractivity contribution is -0.123. The summed E-state index contributed by atoms with van der Waals surface area (Å²) in [6.45, 7) is 3.29. The highest BCUT2D eigenvalue weighted by Crippen LogP contribution is 2.19. The molecule has 0 fully saturated rings. The Balaban J connectivity index is 1.65. The average Bonchev–Trinajstić information content (AvgIpc) is 2.92. The Morgan fingerprint density at radius 1 is 1.24 bits per heavy atom. The van der Waals surface area contributed by atoms with Crippen molar-refractivity contribution in [3.05, 3.63) is 34.8 Å². The molecule has 0 unspecified atom stereocenters. The van der Waals surface area contributed by atoms with E-state index in [1.54, 1.807) is 19.9 Å². The number of amides is 3. The van der Waals surface area contributed by atoms with Crippen molar-refractivity contribution in [3.8, 4) is 0 Å². The number of esters is 1. The van der Waals surface area contributed by atoms with E-state index in [0.717, 1.165) is 19.3 Å². The fourth-order valence-electron chi connectivity index (χ4n) is 2.72. The standard InChI is InChI=1S/C18H24N2O5/c1-12-10-15(13(2)25-12)17(22)24-11-16(21)20-18(23)19-9-8-14-6-4-3-5-7-14/h6,10H,3-5,7-9,11H2,1-2H3,(H2,19,20,21,23). The minimum Gasteiger partial charge on any atom is -0.466 e. The summed E-state index contributed by atoms with van der Waals surface area (Å²) >= 11 is 0. The third-order valence-corrected chi connectivity index (χ3v) is 3.96. The van der Waals surface area contributed by atoms with Crippen molar-refractivity contribution in [2.45, 2.75) is 46.0 Å². The van der Waals surface area contributed by atoms with E-state index in [1.165, 1.54) is 18.4 Å². The number of rotatable bonds is 6. The van der Waals surface area contributed by atoms with Gasteiger partial charge in [-0.1, -0.05) is 11.6 Å². The topological polar surface area (TPSA) is 97.6 Å². The molecule has 0 saturated heterocycles. The highest BCUT2D eigenvalue weighted by Gasteiger charge is 2.17. The average molecular weight is 348 g/mol. The van der Waals surface area contributed by atoms with E-state index >= 15 is 0 Å². The summed E-state index contributed by atoms with van der Waals surface area (Å²) in [5, 5.41) is 4.76. The van der Waals surface area contributed by atoms with Crippen LogP contribution >= 0.6 is 0 Å². The first-order chi connectivity index (χ1) is 12.0. The van der Waals surface area contributed by atoms with E-state index in [9.17, 15) is 14.4 Å². The Morgan fingerprint density at radius 3 is 2.68 bits per heavy atom. The van der Waals surface area contributed by atoms with Gasteiger partial charge in [-0.15, -0.1) is 0 Å². The second kappa shape index (κ2) is 9.05. The van der Waals surface area contributed by atoms with Gasteiger partial charge in [0, 0.05) is 6.54 Å². The minimum absolute atomic E-state index is 0.274. The van der Waals surface area contributed by atoms with Crippen LogP contribution in [0.5, 0.6) is 0 Å². The second-order valence-corrected chi connectivity index (χ2v) is 6.07. The van der Waals surface area contributed by atoms with Crippen molar-refractivity contribution in [2.75, 3.05) is 13.2 Å². The van der Waals surface area contributed by atoms with Crippen LogP contribution in [0.3, 0.4) is 0 Å². The molecule has 3 amide bonds. The number of carbonyl (C=O) groups excluding carboxylic acids is 3. The number of urea groups is 1. The lowest BCUT2D eigenvalue weighted by atomic mass is 9.97. The predicted octanol–water partition coefficient (Wildman–Crippen LogP) is 2.77. The third-order valence-electron chi connectivity index (χ3n) is 3.96. The van der Waals surface area contributed by atoms with Gasteiger partial charge in [0.15, 0.2) is 6.61 Å². The third kappa shape index (κ3) is 6.10. The number of aryl methyl sites for hydroxylation is 2. The van der Waals surface area contributed by atoms with E-state index in [4.69, 9.17) is 9.15 Å². The fourth-order valence-corrected chi connectivity index (χ4v) is 2.72. The molecule has 0 aliphatic heterocycles. The van der Waals surface area contributed by atoms with Crippen LogP contribution < -0.4 is 10.6 Å². The Kier molecular flexibility index (Phi) is 6.80. The van der Waals surface area contributed by atoms with E-state index < -0.39 is 24.5 Å². The number of hydrogen-bond acceptors (Lipinski definition) is 5. The van der Waals surface area contributed by atoms with Gasteiger partial charge in [0.05, 0.1) is 0 Å². The molecule has 0 bridgehead atoms. The van der Waals surface area contributed by atoms with Crippen molar-refractivity contribution < 1.29 is 23.5 Å². The van der Waals surface area contributed by atoms with Gasteiger partial charge in [0.2, 0.25) is 0 Å². The van der Waals surface area contributed by atoms with Crippen molar-refractivity contribution in [1.29, 1.82) is 0 Å². The van der Waals surface area contributed by atoms with Gasteiger partial charge in [0.25, 0.3) is 5.91 Å². The molecule has 2 N–H and O–H groups in total. The summed E-state index contributed by atoms with van der Waals surface area (Å²) in [7, 11) is 0. The highest BCUT2D eigenvalue weighted by atomic mass is 16.5. The molecule has 2 rings (SSSR count). The maximum Gasteiger partial charge on any atom is 0.342 e. The second-order valence-electron chi connectivity index (χ2n) is 6.07. The Hall–Kier alpha value is -2.57. The molecule has 1 aromatic heterocycles. The molecule has 0 radical (unpaired) electrons. The van der Waals surface area contributed by atoms with Crippen LogP contribution in [-0.4, -0.2) is 31.1 Å². The van der Waals surface area contributed by atoms with Gasteiger partial charge < -0.3 is 14.5 Å². The first-order valence-electron chi connectivity index (χ1n) is 8.45. The zero-order valence-corrected chi connectivity index (χ0v) is 14.6. The summed E-state index contributed by atoms with van der Waals surface area (Å²) < 4.78 is 10.1. The Morgan fingerprint density at radius 2 is 2.04 bits per heavy atom. The number of allylic oxidation sites excluding steroid dienone is 1. The van der Waals surface area contributed by atoms with Gasteiger partial charge in [-0.3, -0.25) is 10.1 Å². The van der Waals surface area contributed by atoms with Gasteiger partial charge in [-0.25, -0.2) is 9.59 Å². The summed E-state index contributed by atoms with van der Waals surface area (Å²) in [6.07, 6.45) is 7.59. The van der Waals surface area contributed by atoms with Crippen LogP contribution in [-0.2, 0) is 9.53 Å². The molecule has 0 aromatic carbocycles. The maximum absolute atomic E-state index is 11.8.